The number of aryl methyl sites for hydroxylation is 1. The summed E-state index contributed by atoms with van der Waals surface area (Å²) in [6.07, 6.45) is 0. The predicted molar refractivity (Wildman–Crippen MR) is 138 cm³/mol. The van der Waals surface area contributed by atoms with Gasteiger partial charge in [0, 0.05) is 16.8 Å². The van der Waals surface area contributed by atoms with Crippen molar-refractivity contribution < 1.29 is 14.3 Å². The Balaban J connectivity index is 1.40. The molecule has 0 fully saturated rings. The number of aromatic nitrogens is 3. The van der Waals surface area contributed by atoms with Gasteiger partial charge in [-0.1, -0.05) is 66.7 Å². The first-order chi connectivity index (χ1) is 17.6. The monoisotopic (exact) mass is 474 g/mol. The summed E-state index contributed by atoms with van der Waals surface area (Å²) in [6, 6.07) is 29.9. The molecule has 0 saturated heterocycles. The first kappa shape index (κ1) is 22.9. The highest BCUT2D eigenvalue weighted by molar-refractivity contribution is 5.97. The molecule has 1 N–H and O–H groups in total. The predicted octanol–water partition coefficient (Wildman–Crippen LogP) is 5.46. The molecule has 2 aromatic heterocycles. The molecule has 36 heavy (non-hydrogen) atoms. The molecule has 7 heteroatoms. The van der Waals surface area contributed by atoms with Crippen LogP contribution in [0.3, 0.4) is 0 Å². The van der Waals surface area contributed by atoms with E-state index in [0.29, 0.717) is 22.5 Å². The molecule has 0 atom stereocenters. The highest BCUT2D eigenvalue weighted by Gasteiger charge is 2.16. The van der Waals surface area contributed by atoms with Crippen LogP contribution in [0.25, 0.3) is 33.5 Å². The van der Waals surface area contributed by atoms with Crippen LogP contribution in [0.15, 0.2) is 97.1 Å². The fourth-order valence-electron chi connectivity index (χ4n) is 3.78. The summed E-state index contributed by atoms with van der Waals surface area (Å²) in [7, 11) is 0. The van der Waals surface area contributed by atoms with Gasteiger partial charge in [-0.05, 0) is 37.3 Å². The Hall–Kier alpha value is -4.91. The molecule has 0 aliphatic carbocycles. The second-order valence-electron chi connectivity index (χ2n) is 8.14. The van der Waals surface area contributed by atoms with Gasteiger partial charge in [0.25, 0.3) is 5.91 Å². The maximum Gasteiger partial charge on any atom is 0.338 e. The maximum absolute atomic E-state index is 12.7. The van der Waals surface area contributed by atoms with Crippen LogP contribution >= 0.6 is 0 Å². The number of rotatable bonds is 6. The smallest absolute Gasteiger partial charge is 0.338 e. The molecule has 5 aromatic rings. The number of amides is 1. The lowest BCUT2D eigenvalue weighted by Crippen LogP contribution is -2.21. The first-order valence-corrected chi connectivity index (χ1v) is 11.4. The highest BCUT2D eigenvalue weighted by atomic mass is 16.5. The molecule has 0 bridgehead atoms. The molecule has 0 spiro atoms. The number of anilines is 1. The number of nitrogens with one attached hydrogen (secondary N) is 1. The quantitative estimate of drug-likeness (QED) is 0.328. The van der Waals surface area contributed by atoms with E-state index in [1.165, 1.54) is 0 Å². The number of ether oxygens (including phenoxy) is 1. The lowest BCUT2D eigenvalue weighted by atomic mass is 10.0. The topological polar surface area (TPSA) is 94.1 Å². The summed E-state index contributed by atoms with van der Waals surface area (Å²) in [5.41, 5.74) is 5.58. The number of esters is 1. The standard InChI is InChI=1S/C29H22N4O3/c1-19-9-8-14-25(30-19)33-26(34)18-36-29(35)22-15-16-23-24(17-22)32-28(21-12-6-3-7-13-21)27(31-23)20-10-4-2-5-11-20/h2-17H,18H2,1H3,(H,30,33,34). The van der Waals surface area contributed by atoms with Crippen molar-refractivity contribution in [2.24, 2.45) is 0 Å². The van der Waals surface area contributed by atoms with E-state index in [1.54, 1.807) is 30.3 Å². The summed E-state index contributed by atoms with van der Waals surface area (Å²) in [5.74, 6) is -0.694. The SMILES string of the molecule is Cc1cccc(NC(=O)COC(=O)c2ccc3nc(-c4ccccc4)c(-c4ccccc4)nc3c2)n1. The van der Waals surface area contributed by atoms with Crippen LogP contribution in [-0.2, 0) is 9.53 Å². The number of fused-ring (bicyclic) bond motifs is 1. The Labute approximate surface area is 207 Å². The van der Waals surface area contributed by atoms with E-state index in [0.717, 1.165) is 22.5 Å². The molecule has 1 amide bonds. The molecular formula is C29H22N4O3. The molecule has 0 unspecified atom stereocenters. The molecule has 3 aromatic carbocycles. The van der Waals surface area contributed by atoms with Gasteiger partial charge >= 0.3 is 5.97 Å². The number of hydrogen-bond donors (Lipinski definition) is 1. The van der Waals surface area contributed by atoms with Crippen LogP contribution < -0.4 is 5.32 Å². The van der Waals surface area contributed by atoms with Crippen molar-refractivity contribution in [3.05, 3.63) is 108 Å². The minimum Gasteiger partial charge on any atom is -0.452 e. The van der Waals surface area contributed by atoms with Crippen LogP contribution in [0, 0.1) is 6.92 Å². The van der Waals surface area contributed by atoms with Crippen LogP contribution in [-0.4, -0.2) is 33.4 Å². The second-order valence-corrected chi connectivity index (χ2v) is 8.14. The minimum absolute atomic E-state index is 0.282. The lowest BCUT2D eigenvalue weighted by molar-refractivity contribution is -0.119. The van der Waals surface area contributed by atoms with E-state index < -0.39 is 18.5 Å². The molecule has 0 aliphatic rings. The maximum atomic E-state index is 12.7. The molecule has 0 radical (unpaired) electrons. The van der Waals surface area contributed by atoms with Crippen molar-refractivity contribution in [1.82, 2.24) is 15.0 Å². The number of nitrogens with zero attached hydrogens (tertiary/aromatic N) is 3. The van der Waals surface area contributed by atoms with Gasteiger partial charge in [0.15, 0.2) is 6.61 Å². The van der Waals surface area contributed by atoms with Crippen LogP contribution in [0.2, 0.25) is 0 Å². The Morgan fingerprint density at radius 3 is 2.00 bits per heavy atom. The fraction of sp³-hybridized carbons (Fsp3) is 0.0690. The number of carbonyl (C=O) groups is 2. The summed E-state index contributed by atoms with van der Waals surface area (Å²) >= 11 is 0. The average Bonchev–Trinajstić information content (AvgIpc) is 2.91. The Bertz CT molecular complexity index is 1550. The lowest BCUT2D eigenvalue weighted by Gasteiger charge is -2.11. The molecular weight excluding hydrogens is 452 g/mol. The van der Waals surface area contributed by atoms with Gasteiger partial charge < -0.3 is 10.1 Å². The van der Waals surface area contributed by atoms with Gasteiger partial charge in [0.05, 0.1) is 28.0 Å². The first-order valence-electron chi connectivity index (χ1n) is 11.4. The van der Waals surface area contributed by atoms with E-state index in [2.05, 4.69) is 10.3 Å². The molecule has 7 nitrogen and oxygen atoms in total. The summed E-state index contributed by atoms with van der Waals surface area (Å²) in [6.45, 7) is 1.39. The van der Waals surface area contributed by atoms with Crippen molar-refractivity contribution in [1.29, 1.82) is 0 Å². The zero-order valence-corrected chi connectivity index (χ0v) is 19.5. The molecule has 176 valence electrons. The summed E-state index contributed by atoms with van der Waals surface area (Å²) in [5, 5.41) is 2.62. The zero-order valence-electron chi connectivity index (χ0n) is 19.5. The molecule has 0 saturated carbocycles. The van der Waals surface area contributed by atoms with Gasteiger partial charge in [-0.25, -0.2) is 19.7 Å². The normalized spacial score (nSPS) is 10.7. The number of benzene rings is 3. The van der Waals surface area contributed by atoms with E-state index >= 15 is 0 Å². The van der Waals surface area contributed by atoms with Crippen LogP contribution in [0.5, 0.6) is 0 Å². The Morgan fingerprint density at radius 1 is 0.722 bits per heavy atom. The summed E-state index contributed by atoms with van der Waals surface area (Å²) < 4.78 is 5.22. The van der Waals surface area contributed by atoms with Crippen LogP contribution in [0.4, 0.5) is 5.82 Å². The van der Waals surface area contributed by atoms with Gasteiger partial charge in [-0.3, -0.25) is 4.79 Å². The van der Waals surface area contributed by atoms with E-state index in [9.17, 15) is 9.59 Å². The van der Waals surface area contributed by atoms with Gasteiger partial charge in [0.1, 0.15) is 5.82 Å². The van der Waals surface area contributed by atoms with Crippen molar-refractivity contribution in [3.8, 4) is 22.5 Å². The van der Waals surface area contributed by atoms with Crippen LogP contribution in [0.1, 0.15) is 16.1 Å². The third-order valence-corrected chi connectivity index (χ3v) is 5.48. The van der Waals surface area contributed by atoms with Crippen molar-refractivity contribution >= 4 is 28.7 Å². The molecule has 0 aliphatic heterocycles. The molecule has 2 heterocycles. The van der Waals surface area contributed by atoms with Gasteiger partial charge in [0.2, 0.25) is 0 Å². The van der Waals surface area contributed by atoms with Crippen molar-refractivity contribution in [3.63, 3.8) is 0 Å². The average molecular weight is 475 g/mol. The van der Waals surface area contributed by atoms with E-state index in [-0.39, 0.29) is 5.56 Å². The van der Waals surface area contributed by atoms with Crippen molar-refractivity contribution in [2.45, 2.75) is 6.92 Å². The van der Waals surface area contributed by atoms with Crippen molar-refractivity contribution in [2.75, 3.05) is 11.9 Å². The van der Waals surface area contributed by atoms with Gasteiger partial charge in [-0.15, -0.1) is 0 Å². The van der Waals surface area contributed by atoms with E-state index in [1.807, 2.05) is 73.7 Å². The highest BCUT2D eigenvalue weighted by Crippen LogP contribution is 2.31. The Kier molecular flexibility index (Phi) is 6.44. The Morgan fingerprint density at radius 2 is 1.36 bits per heavy atom. The van der Waals surface area contributed by atoms with E-state index in [4.69, 9.17) is 14.7 Å². The molecule has 5 rings (SSSR count). The third-order valence-electron chi connectivity index (χ3n) is 5.48. The van der Waals surface area contributed by atoms with Gasteiger partial charge in [-0.2, -0.15) is 0 Å². The largest absolute Gasteiger partial charge is 0.452 e. The fourth-order valence-corrected chi connectivity index (χ4v) is 3.78. The summed E-state index contributed by atoms with van der Waals surface area (Å²) in [4.78, 5) is 38.8. The zero-order chi connectivity index (χ0) is 24.9. The third kappa shape index (κ3) is 5.10. The number of carbonyl (C=O) groups excluding carboxylic acids is 2. The number of pyridine rings is 1. The second kappa shape index (κ2) is 10.1. The number of hydrogen-bond acceptors (Lipinski definition) is 6. The minimum atomic E-state index is -0.626.